The van der Waals surface area contributed by atoms with Gasteiger partial charge in [-0.05, 0) is 87.7 Å². The number of hydrogen-bond acceptors (Lipinski definition) is 7. The van der Waals surface area contributed by atoms with E-state index in [2.05, 4.69) is 57.5 Å². The van der Waals surface area contributed by atoms with Crippen LogP contribution in [-0.2, 0) is 0 Å². The molecular formula is C37H47F2N5OS. The minimum atomic E-state index is -0.466. The number of hydrogen-bond donors (Lipinski definition) is 0. The van der Waals surface area contributed by atoms with Crippen molar-refractivity contribution in [3.63, 3.8) is 0 Å². The lowest BCUT2D eigenvalue weighted by atomic mass is 9.93. The summed E-state index contributed by atoms with van der Waals surface area (Å²) in [5.74, 6) is 0.713. The van der Waals surface area contributed by atoms with Crippen molar-refractivity contribution in [2.45, 2.75) is 92.2 Å². The second-order valence-corrected chi connectivity index (χ2v) is 14.8. The van der Waals surface area contributed by atoms with Gasteiger partial charge in [-0.3, -0.25) is 0 Å². The average molecular weight is 648 g/mol. The molecule has 0 radical (unpaired) electrons. The van der Waals surface area contributed by atoms with E-state index in [-0.39, 0.29) is 29.6 Å². The van der Waals surface area contributed by atoms with Crippen LogP contribution in [0, 0.1) is 34.8 Å². The fourth-order valence-electron chi connectivity index (χ4n) is 6.79. The first-order valence-electron chi connectivity index (χ1n) is 16.7. The van der Waals surface area contributed by atoms with Gasteiger partial charge >= 0.3 is 6.01 Å². The Morgan fingerprint density at radius 2 is 1.83 bits per heavy atom. The molecule has 4 aromatic rings. The predicted octanol–water partition coefficient (Wildman–Crippen LogP) is 9.54. The first-order chi connectivity index (χ1) is 21.9. The van der Waals surface area contributed by atoms with E-state index in [1.165, 1.54) is 23.5 Å². The zero-order chi connectivity index (χ0) is 33.3. The van der Waals surface area contributed by atoms with Gasteiger partial charge in [-0.15, -0.1) is 11.3 Å². The molecular weight excluding hydrogens is 601 g/mol. The molecule has 0 spiro atoms. The highest BCUT2D eigenvalue weighted by Gasteiger charge is 2.28. The molecule has 3 heterocycles. The Morgan fingerprint density at radius 3 is 2.43 bits per heavy atom. The van der Waals surface area contributed by atoms with E-state index >= 15 is 8.78 Å². The quantitative estimate of drug-likeness (QED) is 0.153. The molecule has 0 aliphatic carbocycles. The highest BCUT2D eigenvalue weighted by Crippen LogP contribution is 2.44. The summed E-state index contributed by atoms with van der Waals surface area (Å²) in [7, 11) is 2.11. The van der Waals surface area contributed by atoms with Crippen LogP contribution in [0.25, 0.3) is 32.1 Å². The highest BCUT2D eigenvalue weighted by molar-refractivity contribution is 7.19. The highest BCUT2D eigenvalue weighted by atomic mass is 32.1. The average Bonchev–Trinajstić information content (AvgIpc) is 3.61. The van der Waals surface area contributed by atoms with Gasteiger partial charge in [-0.2, -0.15) is 15.2 Å². The fraction of sp³-hybridized carbons (Fsp3) is 0.541. The molecule has 246 valence electrons. The Balaban J connectivity index is 1.71. The van der Waals surface area contributed by atoms with E-state index in [0.717, 1.165) is 37.1 Å². The van der Waals surface area contributed by atoms with E-state index in [1.54, 1.807) is 12.1 Å². The number of nitriles is 1. The summed E-state index contributed by atoms with van der Waals surface area (Å²) < 4.78 is 38.2. The maximum Gasteiger partial charge on any atom is 0.319 e. The van der Waals surface area contributed by atoms with E-state index < -0.39 is 11.6 Å². The number of benzene rings is 2. The summed E-state index contributed by atoms with van der Waals surface area (Å²) >= 11 is 1.27. The van der Waals surface area contributed by atoms with Crippen molar-refractivity contribution in [2.24, 2.45) is 11.8 Å². The van der Waals surface area contributed by atoms with Gasteiger partial charge in [0.25, 0.3) is 0 Å². The van der Waals surface area contributed by atoms with Gasteiger partial charge in [0.15, 0.2) is 0 Å². The molecule has 0 N–H and O–H groups in total. The number of likely N-dealkylation sites (N-methyl/N-ethyl adjacent to an activating group) is 1. The molecule has 0 saturated carbocycles. The van der Waals surface area contributed by atoms with E-state index in [1.807, 2.05) is 13.8 Å². The molecule has 1 aliphatic rings. The molecule has 1 fully saturated rings. The predicted molar refractivity (Wildman–Crippen MR) is 186 cm³/mol. The van der Waals surface area contributed by atoms with Crippen LogP contribution in [0.3, 0.4) is 0 Å². The van der Waals surface area contributed by atoms with Crippen LogP contribution in [0.2, 0.25) is 0 Å². The van der Waals surface area contributed by atoms with Gasteiger partial charge in [-0.1, -0.05) is 47.6 Å². The molecule has 0 bridgehead atoms. The third kappa shape index (κ3) is 6.70. The van der Waals surface area contributed by atoms with Crippen molar-refractivity contribution in [1.29, 1.82) is 5.26 Å². The van der Waals surface area contributed by atoms with Crippen molar-refractivity contribution < 1.29 is 13.5 Å². The monoisotopic (exact) mass is 647 g/mol. The Bertz CT molecular complexity index is 1740. The lowest BCUT2D eigenvalue weighted by Gasteiger charge is -2.36. The smallest absolute Gasteiger partial charge is 0.319 e. The van der Waals surface area contributed by atoms with Crippen molar-refractivity contribution in [2.75, 3.05) is 31.6 Å². The van der Waals surface area contributed by atoms with Gasteiger partial charge in [0.2, 0.25) is 0 Å². The number of fused-ring (bicyclic) bond motifs is 2. The third-order valence-corrected chi connectivity index (χ3v) is 10.9. The van der Waals surface area contributed by atoms with Crippen LogP contribution in [0.4, 0.5) is 14.6 Å². The SMILES string of the molecule is CCN(c1nc(OCC2CCCN2C)nc2cc(-c3ccc(F)c4sc(C(C)C)c(C#N)c34)c(F)cc12)C(CCC(C)C)C(C)C. The van der Waals surface area contributed by atoms with Crippen LogP contribution in [0.1, 0.15) is 90.5 Å². The summed E-state index contributed by atoms with van der Waals surface area (Å²) in [5, 5.41) is 11.2. The molecule has 0 amide bonds. The Hall–Kier alpha value is -3.35. The standard InChI is InChI=1S/C37H47F2N5OS/c1-9-44(32(22(4)5)15-12-21(2)3)36-27-17-30(39)26(18-31(27)41-37(42-36)45-20-24-11-10-16-43(24)8)25-13-14-29(38)35-33(25)28(19-40)34(46-35)23(6)7/h13-14,17-18,21-24,32H,9-12,15-16,20H2,1-8H3. The van der Waals surface area contributed by atoms with Crippen LogP contribution in [-0.4, -0.2) is 53.7 Å². The summed E-state index contributed by atoms with van der Waals surface area (Å²) in [6.07, 6.45) is 4.24. The van der Waals surface area contributed by atoms with Crippen LogP contribution in [0.5, 0.6) is 6.01 Å². The van der Waals surface area contributed by atoms with Crippen molar-refractivity contribution in [1.82, 2.24) is 14.9 Å². The number of ether oxygens (including phenoxy) is 1. The Morgan fingerprint density at radius 1 is 1.07 bits per heavy atom. The Kier molecular flexibility index (Phi) is 10.5. The molecule has 2 atom stereocenters. The molecule has 9 heteroatoms. The molecule has 1 aliphatic heterocycles. The molecule has 1 saturated heterocycles. The van der Waals surface area contributed by atoms with Crippen molar-refractivity contribution >= 4 is 38.1 Å². The molecule has 2 aromatic heterocycles. The van der Waals surface area contributed by atoms with Gasteiger partial charge < -0.3 is 14.5 Å². The zero-order valence-electron chi connectivity index (χ0n) is 28.5. The fourth-order valence-corrected chi connectivity index (χ4v) is 7.97. The minimum Gasteiger partial charge on any atom is -0.462 e. The summed E-state index contributed by atoms with van der Waals surface area (Å²) in [4.78, 5) is 15.2. The van der Waals surface area contributed by atoms with Crippen LogP contribution in [0.15, 0.2) is 24.3 Å². The largest absolute Gasteiger partial charge is 0.462 e. The molecule has 6 nitrogen and oxygen atoms in total. The van der Waals surface area contributed by atoms with Gasteiger partial charge in [-0.25, -0.2) is 8.78 Å². The molecule has 46 heavy (non-hydrogen) atoms. The first-order valence-corrected chi connectivity index (χ1v) is 17.5. The zero-order valence-corrected chi connectivity index (χ0v) is 29.3. The number of thiophene rings is 1. The maximum absolute atomic E-state index is 16.4. The molecule has 2 unspecified atom stereocenters. The minimum absolute atomic E-state index is 0.0271. The van der Waals surface area contributed by atoms with E-state index in [9.17, 15) is 5.26 Å². The number of nitrogens with zero attached hydrogens (tertiary/aromatic N) is 5. The summed E-state index contributed by atoms with van der Waals surface area (Å²) in [6.45, 7) is 17.2. The van der Waals surface area contributed by atoms with Gasteiger partial charge in [0.05, 0.1) is 15.8 Å². The van der Waals surface area contributed by atoms with Gasteiger partial charge in [0.1, 0.15) is 30.1 Å². The number of aromatic nitrogens is 2. The summed E-state index contributed by atoms with van der Waals surface area (Å²) in [6, 6.07) is 9.20. The summed E-state index contributed by atoms with van der Waals surface area (Å²) in [5.41, 5.74) is 1.71. The lowest BCUT2D eigenvalue weighted by Crippen LogP contribution is -2.40. The normalized spacial score (nSPS) is 16.3. The van der Waals surface area contributed by atoms with Crippen molar-refractivity contribution in [3.05, 3.63) is 46.3 Å². The van der Waals surface area contributed by atoms with Crippen LogP contribution >= 0.6 is 11.3 Å². The topological polar surface area (TPSA) is 65.3 Å². The molecule has 2 aromatic carbocycles. The van der Waals surface area contributed by atoms with Gasteiger partial charge in [0, 0.05) is 39.8 Å². The van der Waals surface area contributed by atoms with E-state index in [4.69, 9.17) is 14.7 Å². The Labute approximate surface area is 276 Å². The first kappa shape index (κ1) is 34.0. The number of rotatable bonds is 12. The van der Waals surface area contributed by atoms with E-state index in [0.29, 0.717) is 62.9 Å². The molecule has 5 rings (SSSR count). The van der Waals surface area contributed by atoms with Crippen LogP contribution < -0.4 is 9.64 Å². The number of likely N-dealkylation sites (tertiary alicyclic amines) is 1. The second kappa shape index (κ2) is 14.2. The number of halogens is 2. The maximum atomic E-state index is 16.4. The lowest BCUT2D eigenvalue weighted by molar-refractivity contribution is 0.188. The number of anilines is 1. The second-order valence-electron chi connectivity index (χ2n) is 13.7. The third-order valence-electron chi connectivity index (χ3n) is 9.39. The van der Waals surface area contributed by atoms with Crippen molar-refractivity contribution in [3.8, 4) is 23.2 Å².